The van der Waals surface area contributed by atoms with E-state index in [0.717, 1.165) is 37.2 Å². The Bertz CT molecular complexity index is 554. The van der Waals surface area contributed by atoms with Crippen molar-refractivity contribution >= 4 is 17.6 Å². The first-order valence-corrected chi connectivity index (χ1v) is 8.12. The second kappa shape index (κ2) is 7.43. The third-order valence-corrected chi connectivity index (χ3v) is 4.21. The van der Waals surface area contributed by atoms with Crippen LogP contribution in [0.4, 0.5) is 10.5 Å². The molecule has 1 aromatic carbocycles. The van der Waals surface area contributed by atoms with Crippen LogP contribution in [0.3, 0.4) is 0 Å². The van der Waals surface area contributed by atoms with Crippen LogP contribution >= 0.6 is 0 Å². The van der Waals surface area contributed by atoms with E-state index in [1.807, 2.05) is 29.2 Å². The largest absolute Gasteiger partial charge is 0.337 e. The third kappa shape index (κ3) is 4.20. The monoisotopic (exact) mass is 317 g/mol. The van der Waals surface area contributed by atoms with Crippen molar-refractivity contribution in [2.24, 2.45) is 0 Å². The van der Waals surface area contributed by atoms with Gasteiger partial charge in [-0.3, -0.25) is 15.6 Å². The Kier molecular flexibility index (Phi) is 5.09. The first-order chi connectivity index (χ1) is 11.2. The van der Waals surface area contributed by atoms with Gasteiger partial charge in [0.1, 0.15) is 0 Å². The van der Waals surface area contributed by atoms with Gasteiger partial charge in [0.15, 0.2) is 0 Å². The molecule has 4 N–H and O–H groups in total. The van der Waals surface area contributed by atoms with Gasteiger partial charge in [-0.25, -0.2) is 4.79 Å². The average molecular weight is 317 g/mol. The molecule has 2 heterocycles. The van der Waals surface area contributed by atoms with E-state index in [-0.39, 0.29) is 18.0 Å². The molecule has 124 valence electrons. The number of urea groups is 1. The van der Waals surface area contributed by atoms with Crippen molar-refractivity contribution in [3.63, 3.8) is 0 Å². The van der Waals surface area contributed by atoms with Gasteiger partial charge >= 0.3 is 6.03 Å². The number of hydrogen-bond donors (Lipinski definition) is 4. The van der Waals surface area contributed by atoms with Gasteiger partial charge in [0.05, 0.1) is 0 Å². The van der Waals surface area contributed by atoms with E-state index in [1.165, 1.54) is 0 Å². The highest BCUT2D eigenvalue weighted by Crippen LogP contribution is 2.21. The van der Waals surface area contributed by atoms with Crippen LogP contribution in [0.2, 0.25) is 0 Å². The fourth-order valence-electron chi connectivity index (χ4n) is 2.86. The number of benzene rings is 1. The number of carbonyl (C=O) groups excluding carboxylic acids is 2. The highest BCUT2D eigenvalue weighted by molar-refractivity contribution is 5.95. The maximum atomic E-state index is 11.8. The Morgan fingerprint density at radius 2 is 2.09 bits per heavy atom. The zero-order valence-corrected chi connectivity index (χ0v) is 13.1. The lowest BCUT2D eigenvalue weighted by atomic mass is 10.2. The molecule has 0 aliphatic carbocycles. The minimum Gasteiger partial charge on any atom is -0.337 e. The van der Waals surface area contributed by atoms with E-state index in [4.69, 9.17) is 0 Å². The van der Waals surface area contributed by atoms with Crippen molar-refractivity contribution < 1.29 is 9.59 Å². The van der Waals surface area contributed by atoms with E-state index in [0.29, 0.717) is 19.5 Å². The fraction of sp³-hybridized carbons (Fsp3) is 0.500. The molecule has 0 saturated carbocycles. The first kappa shape index (κ1) is 15.8. The Morgan fingerprint density at radius 3 is 2.74 bits per heavy atom. The van der Waals surface area contributed by atoms with Gasteiger partial charge in [-0.05, 0) is 30.5 Å². The summed E-state index contributed by atoms with van der Waals surface area (Å²) < 4.78 is 0. The summed E-state index contributed by atoms with van der Waals surface area (Å²) >= 11 is 0. The van der Waals surface area contributed by atoms with Crippen LogP contribution in [0.25, 0.3) is 0 Å². The predicted molar refractivity (Wildman–Crippen MR) is 87.8 cm³/mol. The van der Waals surface area contributed by atoms with E-state index in [1.54, 1.807) is 0 Å². The van der Waals surface area contributed by atoms with Crippen LogP contribution in [0.1, 0.15) is 24.8 Å². The summed E-state index contributed by atoms with van der Waals surface area (Å²) in [4.78, 5) is 25.3. The summed E-state index contributed by atoms with van der Waals surface area (Å²) in [6.07, 6.45) is 2.57. The summed E-state index contributed by atoms with van der Waals surface area (Å²) in [5.41, 5.74) is 8.07. The Balaban J connectivity index is 1.42. The normalized spacial score (nSPS) is 20.8. The van der Waals surface area contributed by atoms with Crippen LogP contribution in [0.5, 0.6) is 0 Å². The molecule has 7 nitrogen and oxygen atoms in total. The van der Waals surface area contributed by atoms with Gasteiger partial charge < -0.3 is 15.5 Å². The molecule has 23 heavy (non-hydrogen) atoms. The molecule has 0 radical (unpaired) electrons. The standard InChI is InChI=1S/C16H23N5O2/c22-15-2-1-9-21(15)14-5-3-12(4-6-14)10-17-16(23)18-11-13-7-8-19-20-13/h3-6,13,19-20H,1-2,7-11H2,(H2,17,18,23). The minimum absolute atomic E-state index is 0.169. The molecular weight excluding hydrogens is 294 g/mol. The van der Waals surface area contributed by atoms with Gasteiger partial charge in [0, 0.05) is 44.3 Å². The molecule has 2 aliphatic heterocycles. The Morgan fingerprint density at radius 1 is 1.26 bits per heavy atom. The van der Waals surface area contributed by atoms with Gasteiger partial charge in [0.25, 0.3) is 0 Å². The van der Waals surface area contributed by atoms with E-state index >= 15 is 0 Å². The lowest BCUT2D eigenvalue weighted by molar-refractivity contribution is -0.117. The number of hydrazine groups is 1. The topological polar surface area (TPSA) is 85.5 Å². The van der Waals surface area contributed by atoms with Gasteiger partial charge in [-0.1, -0.05) is 12.1 Å². The highest BCUT2D eigenvalue weighted by atomic mass is 16.2. The summed E-state index contributed by atoms with van der Waals surface area (Å²) in [6, 6.07) is 7.89. The van der Waals surface area contributed by atoms with Gasteiger partial charge in [-0.2, -0.15) is 0 Å². The zero-order valence-electron chi connectivity index (χ0n) is 13.1. The van der Waals surface area contributed by atoms with Crippen LogP contribution in [-0.2, 0) is 11.3 Å². The van der Waals surface area contributed by atoms with Crippen LogP contribution in [-0.4, -0.2) is 37.6 Å². The Labute approximate surface area is 135 Å². The molecule has 3 amide bonds. The number of amides is 3. The SMILES string of the molecule is O=C(NCc1ccc(N2CCCC2=O)cc1)NCC1CCNN1. The van der Waals surface area contributed by atoms with Crippen molar-refractivity contribution in [2.75, 3.05) is 24.5 Å². The van der Waals surface area contributed by atoms with Crippen molar-refractivity contribution in [3.8, 4) is 0 Å². The third-order valence-electron chi connectivity index (χ3n) is 4.21. The Hall–Kier alpha value is -2.12. The summed E-state index contributed by atoms with van der Waals surface area (Å²) in [6.45, 7) is 2.80. The number of hydrogen-bond acceptors (Lipinski definition) is 4. The van der Waals surface area contributed by atoms with E-state index < -0.39 is 0 Å². The smallest absolute Gasteiger partial charge is 0.315 e. The molecule has 1 aromatic rings. The zero-order chi connectivity index (χ0) is 16.1. The molecule has 7 heteroatoms. The number of carbonyl (C=O) groups is 2. The molecule has 2 saturated heterocycles. The van der Waals surface area contributed by atoms with E-state index in [9.17, 15) is 9.59 Å². The van der Waals surface area contributed by atoms with Crippen molar-refractivity contribution in [1.82, 2.24) is 21.5 Å². The second-order valence-electron chi connectivity index (χ2n) is 5.94. The summed E-state index contributed by atoms with van der Waals surface area (Å²) in [5, 5.41) is 5.69. The lowest BCUT2D eigenvalue weighted by Gasteiger charge is -2.16. The molecule has 1 unspecified atom stereocenters. The quantitative estimate of drug-likeness (QED) is 0.636. The van der Waals surface area contributed by atoms with Crippen molar-refractivity contribution in [3.05, 3.63) is 29.8 Å². The summed E-state index contributed by atoms with van der Waals surface area (Å²) in [5.74, 6) is 0.185. The van der Waals surface area contributed by atoms with Gasteiger partial charge in [-0.15, -0.1) is 0 Å². The molecule has 1 atom stereocenters. The molecule has 0 spiro atoms. The minimum atomic E-state index is -0.169. The maximum Gasteiger partial charge on any atom is 0.315 e. The number of nitrogens with one attached hydrogen (secondary N) is 4. The summed E-state index contributed by atoms with van der Waals surface area (Å²) in [7, 11) is 0. The predicted octanol–water partition coefficient (Wildman–Crippen LogP) is 0.479. The van der Waals surface area contributed by atoms with Crippen LogP contribution in [0, 0.1) is 0 Å². The first-order valence-electron chi connectivity index (χ1n) is 8.12. The van der Waals surface area contributed by atoms with Gasteiger partial charge in [0.2, 0.25) is 5.91 Å². The number of rotatable bonds is 5. The molecule has 3 rings (SSSR count). The lowest BCUT2D eigenvalue weighted by Crippen LogP contribution is -2.43. The maximum absolute atomic E-state index is 11.8. The van der Waals surface area contributed by atoms with E-state index in [2.05, 4.69) is 21.5 Å². The second-order valence-corrected chi connectivity index (χ2v) is 5.94. The van der Waals surface area contributed by atoms with Crippen LogP contribution < -0.4 is 26.4 Å². The average Bonchev–Trinajstić information content (AvgIpc) is 3.23. The molecule has 0 bridgehead atoms. The molecular formula is C16H23N5O2. The highest BCUT2D eigenvalue weighted by Gasteiger charge is 2.21. The molecule has 0 aromatic heterocycles. The number of anilines is 1. The fourth-order valence-corrected chi connectivity index (χ4v) is 2.86. The molecule has 2 fully saturated rings. The number of nitrogens with zero attached hydrogens (tertiary/aromatic N) is 1. The van der Waals surface area contributed by atoms with Crippen LogP contribution in [0.15, 0.2) is 24.3 Å². The van der Waals surface area contributed by atoms with Crippen molar-refractivity contribution in [2.45, 2.75) is 31.8 Å². The molecule has 2 aliphatic rings. The van der Waals surface area contributed by atoms with Crippen molar-refractivity contribution in [1.29, 1.82) is 0 Å².